The molecule has 1 N–H and O–H groups in total. The molecule has 0 spiro atoms. The van der Waals surface area contributed by atoms with Crippen molar-refractivity contribution in [2.24, 2.45) is 0 Å². The molecule has 0 bridgehead atoms. The van der Waals surface area contributed by atoms with Gasteiger partial charge in [-0.15, -0.1) is 0 Å². The van der Waals surface area contributed by atoms with Gasteiger partial charge in [-0.2, -0.15) is 0 Å². The highest BCUT2D eigenvalue weighted by Crippen LogP contribution is 2.35. The number of nitrogens with one attached hydrogen (secondary N) is 1. The topological polar surface area (TPSA) is 118 Å². The summed E-state index contributed by atoms with van der Waals surface area (Å²) in [7, 11) is 3.17. The molecule has 0 saturated carbocycles. The van der Waals surface area contributed by atoms with Gasteiger partial charge in [0.1, 0.15) is 0 Å². The monoisotopic (exact) mass is 637 g/mol. The van der Waals surface area contributed by atoms with Gasteiger partial charge >= 0.3 is 0 Å². The lowest BCUT2D eigenvalue weighted by atomic mass is 10.1. The second-order valence-corrected chi connectivity index (χ2v) is 11.4. The molecule has 1 aliphatic heterocycles. The minimum Gasteiger partial charge on any atom is -0.493 e. The number of hydrogen-bond donors (Lipinski definition) is 1. The van der Waals surface area contributed by atoms with E-state index in [0.29, 0.717) is 63.1 Å². The van der Waals surface area contributed by atoms with Gasteiger partial charge in [0.05, 0.1) is 37.4 Å². The Balaban J connectivity index is 1.18. The van der Waals surface area contributed by atoms with Gasteiger partial charge in [-0.1, -0.05) is 60.3 Å². The van der Waals surface area contributed by atoms with E-state index in [9.17, 15) is 14.4 Å². The van der Waals surface area contributed by atoms with Crippen molar-refractivity contribution < 1.29 is 28.5 Å². The molecule has 6 rings (SSSR count). The number of Topliss-reactive ketones (excluding diaryl/α,β-unsaturated/α-hetero) is 1. The highest BCUT2D eigenvalue weighted by molar-refractivity contribution is 7.99. The van der Waals surface area contributed by atoms with Crippen LogP contribution >= 0.6 is 11.8 Å². The maximum Gasteiger partial charge on any atom is 0.262 e. The average Bonchev–Trinajstić information content (AvgIpc) is 3.56. The van der Waals surface area contributed by atoms with Crippen LogP contribution in [0.1, 0.15) is 31.8 Å². The van der Waals surface area contributed by atoms with Gasteiger partial charge in [0, 0.05) is 23.7 Å². The second kappa shape index (κ2) is 13.8. The number of amides is 1. The predicted molar refractivity (Wildman–Crippen MR) is 175 cm³/mol. The Labute approximate surface area is 269 Å². The fourth-order valence-corrected chi connectivity index (χ4v) is 5.97. The molecule has 2 heterocycles. The third-order valence-corrected chi connectivity index (χ3v) is 8.52. The lowest BCUT2D eigenvalue weighted by Crippen LogP contribution is -2.26. The summed E-state index contributed by atoms with van der Waals surface area (Å²) < 4.78 is 23.2. The van der Waals surface area contributed by atoms with Crippen molar-refractivity contribution >= 4 is 34.4 Å². The molecule has 0 aliphatic carbocycles. The number of carbonyl (C=O) groups excluding carboxylic acids is 2. The Bertz CT molecular complexity index is 1960. The molecule has 0 unspecified atom stereocenters. The van der Waals surface area contributed by atoms with E-state index in [1.165, 1.54) is 11.8 Å². The Morgan fingerprint density at radius 2 is 1.59 bits per heavy atom. The zero-order chi connectivity index (χ0) is 32.0. The first-order valence-electron chi connectivity index (χ1n) is 14.6. The lowest BCUT2D eigenvalue weighted by molar-refractivity contribution is 0.0953. The molecule has 1 amide bonds. The molecule has 0 saturated heterocycles. The minimum atomic E-state index is -0.269. The van der Waals surface area contributed by atoms with E-state index in [0.717, 1.165) is 11.1 Å². The maximum absolute atomic E-state index is 13.8. The first kappa shape index (κ1) is 30.7. The van der Waals surface area contributed by atoms with Crippen LogP contribution in [0.15, 0.2) is 94.9 Å². The Kier molecular flexibility index (Phi) is 9.20. The molecule has 0 atom stereocenters. The third kappa shape index (κ3) is 6.69. The summed E-state index contributed by atoms with van der Waals surface area (Å²) >= 11 is 1.20. The van der Waals surface area contributed by atoms with E-state index in [2.05, 4.69) is 5.32 Å². The fourth-order valence-electron chi connectivity index (χ4n) is 5.08. The number of rotatable bonds is 12. The van der Waals surface area contributed by atoms with Crippen LogP contribution in [0.25, 0.3) is 10.9 Å². The maximum atomic E-state index is 13.8. The molecule has 10 nitrogen and oxygen atoms in total. The van der Waals surface area contributed by atoms with Crippen LogP contribution in [0.5, 0.6) is 23.0 Å². The summed E-state index contributed by atoms with van der Waals surface area (Å²) in [5, 5.41) is 3.73. The smallest absolute Gasteiger partial charge is 0.262 e. The van der Waals surface area contributed by atoms with E-state index in [1.54, 1.807) is 55.2 Å². The number of hydrogen-bond acceptors (Lipinski definition) is 9. The predicted octanol–water partition coefficient (Wildman–Crippen LogP) is 5.14. The Morgan fingerprint density at radius 1 is 0.870 bits per heavy atom. The summed E-state index contributed by atoms with van der Waals surface area (Å²) in [6.07, 6.45) is 0.621. The SMILES string of the molecule is COc1ccc(CCNC(=O)c2ccc(Cn3c(SCC(=O)c4ccccc4)nc4cc5c(cc4c3=O)OCO5)cc2)cc1OC. The molecule has 0 radical (unpaired) electrons. The van der Waals surface area contributed by atoms with Crippen LogP contribution in [0.4, 0.5) is 0 Å². The number of fused-ring (bicyclic) bond motifs is 2. The molecule has 4 aromatic carbocycles. The summed E-state index contributed by atoms with van der Waals surface area (Å²) in [6, 6.07) is 25.1. The number of ether oxygens (including phenoxy) is 4. The van der Waals surface area contributed by atoms with Gasteiger partial charge in [-0.3, -0.25) is 19.0 Å². The highest BCUT2D eigenvalue weighted by Gasteiger charge is 2.20. The van der Waals surface area contributed by atoms with Crippen LogP contribution in [0.2, 0.25) is 0 Å². The molecular formula is C35H31N3O7S. The van der Waals surface area contributed by atoms with Crippen molar-refractivity contribution in [2.75, 3.05) is 33.3 Å². The molecule has 234 valence electrons. The fraction of sp³-hybridized carbons (Fsp3) is 0.200. The molecule has 46 heavy (non-hydrogen) atoms. The molecule has 1 aliphatic rings. The Hall–Kier alpha value is -5.29. The highest BCUT2D eigenvalue weighted by atomic mass is 32.2. The van der Waals surface area contributed by atoms with E-state index in [4.69, 9.17) is 23.9 Å². The van der Waals surface area contributed by atoms with Crippen molar-refractivity contribution in [3.63, 3.8) is 0 Å². The second-order valence-electron chi connectivity index (χ2n) is 10.5. The van der Waals surface area contributed by atoms with Gasteiger partial charge < -0.3 is 24.3 Å². The number of aromatic nitrogens is 2. The minimum absolute atomic E-state index is 0.0707. The summed E-state index contributed by atoms with van der Waals surface area (Å²) in [5.41, 5.74) is 3.07. The normalized spacial score (nSPS) is 11.8. The van der Waals surface area contributed by atoms with E-state index in [1.807, 2.05) is 48.5 Å². The summed E-state index contributed by atoms with van der Waals surface area (Å²) in [4.78, 5) is 44.3. The van der Waals surface area contributed by atoms with Crippen LogP contribution < -0.4 is 29.8 Å². The van der Waals surface area contributed by atoms with Gasteiger partial charge in [0.15, 0.2) is 33.9 Å². The molecule has 0 fully saturated rings. The average molecular weight is 638 g/mol. The first-order chi connectivity index (χ1) is 22.4. The molecule has 5 aromatic rings. The standard InChI is InChI=1S/C35H31N3O7S/c1-42-29-13-10-22(16-30(29)43-2)14-15-36-33(40)25-11-8-23(9-12-25)19-38-34(41)26-17-31-32(45-21-44-31)18-27(26)37-35(38)46-20-28(39)24-6-4-3-5-7-24/h3-13,16-18H,14-15,19-21H2,1-2H3,(H,36,40). The molecule has 11 heteroatoms. The van der Waals surface area contributed by atoms with E-state index in [-0.39, 0.29) is 36.3 Å². The van der Waals surface area contributed by atoms with Gasteiger partial charge in [0.25, 0.3) is 11.5 Å². The zero-order valence-electron chi connectivity index (χ0n) is 25.3. The van der Waals surface area contributed by atoms with Crippen LogP contribution in [0, 0.1) is 0 Å². The molecule has 1 aromatic heterocycles. The van der Waals surface area contributed by atoms with Crippen LogP contribution in [0.3, 0.4) is 0 Å². The summed E-state index contributed by atoms with van der Waals surface area (Å²) in [6.45, 7) is 0.706. The zero-order valence-corrected chi connectivity index (χ0v) is 26.1. The van der Waals surface area contributed by atoms with Crippen molar-refractivity contribution in [2.45, 2.75) is 18.1 Å². The van der Waals surface area contributed by atoms with Crippen LogP contribution in [-0.2, 0) is 13.0 Å². The van der Waals surface area contributed by atoms with Crippen molar-refractivity contribution in [1.82, 2.24) is 14.9 Å². The Morgan fingerprint density at radius 3 is 2.33 bits per heavy atom. The van der Waals surface area contributed by atoms with E-state index < -0.39 is 0 Å². The van der Waals surface area contributed by atoms with Gasteiger partial charge in [-0.05, 0) is 47.9 Å². The number of nitrogens with zero attached hydrogens (tertiary/aromatic N) is 2. The molecular weight excluding hydrogens is 606 g/mol. The van der Waals surface area contributed by atoms with Gasteiger partial charge in [0.2, 0.25) is 6.79 Å². The first-order valence-corrected chi connectivity index (χ1v) is 15.6. The van der Waals surface area contributed by atoms with E-state index >= 15 is 0 Å². The number of carbonyl (C=O) groups is 2. The summed E-state index contributed by atoms with van der Waals surface area (Å²) in [5.74, 6) is 2.12. The number of thioether (sulfide) groups is 1. The van der Waals surface area contributed by atoms with Gasteiger partial charge in [-0.25, -0.2) is 4.98 Å². The van der Waals surface area contributed by atoms with Crippen LogP contribution in [-0.4, -0.2) is 54.6 Å². The largest absolute Gasteiger partial charge is 0.493 e. The lowest BCUT2D eigenvalue weighted by Gasteiger charge is -2.14. The third-order valence-electron chi connectivity index (χ3n) is 7.55. The van der Waals surface area contributed by atoms with Crippen molar-refractivity contribution in [3.8, 4) is 23.0 Å². The van der Waals surface area contributed by atoms with Crippen molar-refractivity contribution in [3.05, 3.63) is 118 Å². The number of methoxy groups -OCH3 is 2. The number of ketones is 1. The van der Waals surface area contributed by atoms with Crippen molar-refractivity contribution in [1.29, 1.82) is 0 Å². The quantitative estimate of drug-likeness (QED) is 0.113. The number of benzene rings is 4.